The lowest BCUT2D eigenvalue weighted by atomic mass is 9.97. The maximum Gasteiger partial charge on any atom is 0.0562 e. The zero-order valence-corrected chi connectivity index (χ0v) is 31.8. The van der Waals surface area contributed by atoms with Crippen LogP contribution in [0.15, 0.2) is 231 Å². The fraction of sp³-hybridized carbons (Fsp3) is 0. The van der Waals surface area contributed by atoms with E-state index in [0.29, 0.717) is 0 Å². The summed E-state index contributed by atoms with van der Waals surface area (Å²) < 4.78 is 2.43. The number of para-hydroxylation sites is 1. The average molecular weight is 739 g/mol. The molecule has 0 N–H and O–H groups in total. The molecule has 11 rings (SSSR count). The van der Waals surface area contributed by atoms with Gasteiger partial charge in [-0.15, -0.1) is 0 Å². The maximum atomic E-state index is 2.43. The van der Waals surface area contributed by atoms with Crippen molar-refractivity contribution in [3.8, 4) is 39.1 Å². The SMILES string of the molecule is c1ccc(-c2ccc(N(c3ccc(-c4cccc5ccccc45)cc3)c3ccc4c5c(-c6ccc7ccccc7c6)cccc5n(-c5ccccc5)c4c3)cc2)cc1. The highest BCUT2D eigenvalue weighted by Gasteiger charge is 2.20. The third-order valence-electron chi connectivity index (χ3n) is 11.6. The normalized spacial score (nSPS) is 11.4. The molecule has 0 aliphatic rings. The van der Waals surface area contributed by atoms with Crippen LogP contribution in [0, 0.1) is 0 Å². The van der Waals surface area contributed by atoms with Gasteiger partial charge in [0, 0.05) is 33.5 Å². The van der Waals surface area contributed by atoms with Gasteiger partial charge in [0.1, 0.15) is 0 Å². The number of anilines is 3. The predicted molar refractivity (Wildman–Crippen MR) is 247 cm³/mol. The molecule has 0 bridgehead atoms. The lowest BCUT2D eigenvalue weighted by Crippen LogP contribution is -2.10. The zero-order chi connectivity index (χ0) is 38.4. The van der Waals surface area contributed by atoms with Crippen LogP contribution in [0.3, 0.4) is 0 Å². The van der Waals surface area contributed by atoms with Crippen molar-refractivity contribution >= 4 is 60.4 Å². The smallest absolute Gasteiger partial charge is 0.0562 e. The van der Waals surface area contributed by atoms with Gasteiger partial charge in [0.15, 0.2) is 0 Å². The van der Waals surface area contributed by atoms with Gasteiger partial charge in [-0.1, -0.05) is 170 Å². The minimum atomic E-state index is 1.09. The van der Waals surface area contributed by atoms with E-state index in [4.69, 9.17) is 0 Å². The van der Waals surface area contributed by atoms with E-state index in [0.717, 1.165) is 28.3 Å². The summed E-state index contributed by atoms with van der Waals surface area (Å²) in [5, 5.41) is 7.46. The minimum Gasteiger partial charge on any atom is -0.310 e. The Balaban J connectivity index is 1.11. The lowest BCUT2D eigenvalue weighted by molar-refractivity contribution is 1.18. The van der Waals surface area contributed by atoms with Crippen molar-refractivity contribution in [1.29, 1.82) is 0 Å². The standard InChI is InChI=1S/C56H38N2/c1-3-13-39(14-4-1)41-27-31-47(32-28-41)57(48-33-29-43(30-34-48)51-22-11-18-42-16-9-10-21-50(42)51)49-35-36-53-55(38-49)58(46-19-5-2-6-20-46)54-24-12-23-52(56(53)54)45-26-25-40-15-7-8-17-44(40)37-45/h1-38H. The summed E-state index contributed by atoms with van der Waals surface area (Å²) in [6.45, 7) is 0. The molecule has 58 heavy (non-hydrogen) atoms. The van der Waals surface area contributed by atoms with E-state index < -0.39 is 0 Å². The summed E-state index contributed by atoms with van der Waals surface area (Å²) in [6.07, 6.45) is 0. The molecule has 0 spiro atoms. The molecular formula is C56H38N2. The van der Waals surface area contributed by atoms with Gasteiger partial charge >= 0.3 is 0 Å². The molecule has 0 fully saturated rings. The fourth-order valence-corrected chi connectivity index (χ4v) is 8.80. The van der Waals surface area contributed by atoms with E-state index in [1.54, 1.807) is 0 Å². The summed E-state index contributed by atoms with van der Waals surface area (Å²) in [7, 11) is 0. The molecule has 0 aliphatic heterocycles. The Morgan fingerprint density at radius 3 is 1.64 bits per heavy atom. The van der Waals surface area contributed by atoms with Gasteiger partial charge in [0.2, 0.25) is 0 Å². The molecule has 0 radical (unpaired) electrons. The number of rotatable bonds is 7. The predicted octanol–water partition coefficient (Wildman–Crippen LogP) is 15.6. The molecule has 11 aromatic rings. The highest BCUT2D eigenvalue weighted by atomic mass is 15.1. The van der Waals surface area contributed by atoms with Gasteiger partial charge in [0.25, 0.3) is 0 Å². The van der Waals surface area contributed by atoms with Gasteiger partial charge in [-0.05, 0) is 116 Å². The highest BCUT2D eigenvalue weighted by Crippen LogP contribution is 2.43. The molecule has 1 aromatic heterocycles. The Hall–Kier alpha value is -7.68. The molecule has 0 amide bonds. The first-order chi connectivity index (χ1) is 28.8. The Morgan fingerprint density at radius 1 is 0.293 bits per heavy atom. The Bertz CT molecular complexity index is 3250. The van der Waals surface area contributed by atoms with Crippen molar-refractivity contribution in [3.63, 3.8) is 0 Å². The summed E-state index contributed by atoms with van der Waals surface area (Å²) in [5.41, 5.74) is 14.0. The number of hydrogen-bond acceptors (Lipinski definition) is 1. The van der Waals surface area contributed by atoms with Gasteiger partial charge in [0.05, 0.1) is 11.0 Å². The number of hydrogen-bond donors (Lipinski definition) is 0. The van der Waals surface area contributed by atoms with Crippen molar-refractivity contribution < 1.29 is 0 Å². The largest absolute Gasteiger partial charge is 0.310 e. The second-order valence-corrected chi connectivity index (χ2v) is 15.0. The second kappa shape index (κ2) is 14.1. The summed E-state index contributed by atoms with van der Waals surface area (Å²) >= 11 is 0. The van der Waals surface area contributed by atoms with E-state index in [2.05, 4.69) is 240 Å². The molecule has 0 aliphatic carbocycles. The number of nitrogens with zero attached hydrogens (tertiary/aromatic N) is 2. The number of benzene rings is 10. The molecule has 1 heterocycles. The first-order valence-corrected chi connectivity index (χ1v) is 19.9. The maximum absolute atomic E-state index is 2.43. The van der Waals surface area contributed by atoms with E-state index in [1.807, 2.05) is 0 Å². The lowest BCUT2D eigenvalue weighted by Gasteiger charge is -2.26. The topological polar surface area (TPSA) is 8.17 Å². The van der Waals surface area contributed by atoms with Crippen LogP contribution in [0.5, 0.6) is 0 Å². The van der Waals surface area contributed by atoms with Crippen LogP contribution in [-0.4, -0.2) is 4.57 Å². The molecule has 0 saturated heterocycles. The molecule has 2 nitrogen and oxygen atoms in total. The molecule has 272 valence electrons. The van der Waals surface area contributed by atoms with Crippen LogP contribution >= 0.6 is 0 Å². The monoisotopic (exact) mass is 738 g/mol. The Kier molecular flexibility index (Phi) is 8.19. The van der Waals surface area contributed by atoms with E-state index in [-0.39, 0.29) is 0 Å². The molecule has 10 aromatic carbocycles. The van der Waals surface area contributed by atoms with Crippen LogP contribution in [0.25, 0.3) is 82.4 Å². The van der Waals surface area contributed by atoms with Crippen molar-refractivity contribution in [2.45, 2.75) is 0 Å². The first kappa shape index (κ1) is 33.6. The molecule has 0 atom stereocenters. The zero-order valence-electron chi connectivity index (χ0n) is 31.8. The van der Waals surface area contributed by atoms with Crippen molar-refractivity contribution in [1.82, 2.24) is 4.57 Å². The third kappa shape index (κ3) is 5.82. The quantitative estimate of drug-likeness (QED) is 0.158. The fourth-order valence-electron chi connectivity index (χ4n) is 8.80. The minimum absolute atomic E-state index is 1.09. The summed E-state index contributed by atoms with van der Waals surface area (Å²) in [4.78, 5) is 2.39. The highest BCUT2D eigenvalue weighted by molar-refractivity contribution is 6.17. The van der Waals surface area contributed by atoms with Gasteiger partial charge in [-0.2, -0.15) is 0 Å². The molecule has 2 heteroatoms. The molecular weight excluding hydrogens is 701 g/mol. The van der Waals surface area contributed by atoms with Crippen molar-refractivity contribution in [2.75, 3.05) is 4.90 Å². The van der Waals surface area contributed by atoms with Crippen LogP contribution in [0.1, 0.15) is 0 Å². The van der Waals surface area contributed by atoms with Crippen molar-refractivity contribution in [3.05, 3.63) is 231 Å². The Labute approximate surface area is 338 Å². The number of aromatic nitrogens is 1. The van der Waals surface area contributed by atoms with Crippen molar-refractivity contribution in [2.24, 2.45) is 0 Å². The van der Waals surface area contributed by atoms with E-state index in [1.165, 1.54) is 71.2 Å². The molecule has 0 unspecified atom stereocenters. The van der Waals surface area contributed by atoms with Gasteiger partial charge < -0.3 is 9.47 Å². The van der Waals surface area contributed by atoms with Gasteiger partial charge in [-0.25, -0.2) is 0 Å². The Morgan fingerprint density at radius 2 is 0.862 bits per heavy atom. The molecule has 0 saturated carbocycles. The van der Waals surface area contributed by atoms with Gasteiger partial charge in [-0.3, -0.25) is 0 Å². The van der Waals surface area contributed by atoms with E-state index >= 15 is 0 Å². The van der Waals surface area contributed by atoms with Crippen LogP contribution in [0.4, 0.5) is 17.1 Å². The van der Waals surface area contributed by atoms with Crippen LogP contribution < -0.4 is 4.90 Å². The van der Waals surface area contributed by atoms with E-state index in [9.17, 15) is 0 Å². The number of fused-ring (bicyclic) bond motifs is 5. The van der Waals surface area contributed by atoms with Crippen LogP contribution in [-0.2, 0) is 0 Å². The first-order valence-electron chi connectivity index (χ1n) is 19.9. The second-order valence-electron chi connectivity index (χ2n) is 15.0. The third-order valence-corrected chi connectivity index (χ3v) is 11.6. The average Bonchev–Trinajstić information content (AvgIpc) is 3.64. The summed E-state index contributed by atoms with van der Waals surface area (Å²) in [5.74, 6) is 0. The van der Waals surface area contributed by atoms with Crippen LogP contribution in [0.2, 0.25) is 0 Å². The summed E-state index contributed by atoms with van der Waals surface area (Å²) in [6, 6.07) is 83.7.